The van der Waals surface area contributed by atoms with Crippen LogP contribution in [0.25, 0.3) is 0 Å². The molecule has 0 spiro atoms. The van der Waals surface area contributed by atoms with Crippen LogP contribution in [0, 0.1) is 0 Å². The standard InChI is InChI=1S/C14H10Cl8O11.K/c15-6(16)2(24)11(30,1-23)13(32,4(26)8(19)20)14(33,5(27)9(21)22)12(31,10(28)29)3(25)7(17)18;/h1,6-9,30-33H,(H,28,29);/q;+1/p-1/t11-,12-,13-,14-;/m1./s1. The molecule has 0 bridgehead atoms. The van der Waals surface area contributed by atoms with Gasteiger partial charge >= 0.3 is 51.4 Å². The number of aldehydes is 1. The largest absolute Gasteiger partial charge is 1.00 e. The van der Waals surface area contributed by atoms with E-state index in [-0.39, 0.29) is 51.4 Å². The summed E-state index contributed by atoms with van der Waals surface area (Å²) in [7, 11) is 0. The minimum atomic E-state index is -5.14. The number of alkyl halides is 8. The first-order valence-corrected chi connectivity index (χ1v) is 11.0. The van der Waals surface area contributed by atoms with Gasteiger partial charge in [0.05, 0.1) is 5.97 Å². The van der Waals surface area contributed by atoms with E-state index in [1.807, 2.05) is 0 Å². The number of Topliss-reactive ketones (excluding diaryl/α,β-unsaturated/α-hetero) is 4. The molecular formula is C14H9Cl8KO11. The van der Waals surface area contributed by atoms with Crippen molar-refractivity contribution in [3.8, 4) is 0 Å². The summed E-state index contributed by atoms with van der Waals surface area (Å²) in [5, 5.41) is 55.3. The Kier molecular flexibility index (Phi) is 15.1. The van der Waals surface area contributed by atoms with Gasteiger partial charge in [-0.2, -0.15) is 0 Å². The molecule has 0 aromatic rings. The Hall–Kier alpha value is 1.62. The Balaban J connectivity index is 0. The first kappa shape index (κ1) is 37.8. The van der Waals surface area contributed by atoms with Gasteiger partial charge in [-0.05, 0) is 0 Å². The summed E-state index contributed by atoms with van der Waals surface area (Å²) in [5.74, 6) is -13.2. The van der Waals surface area contributed by atoms with E-state index in [0.29, 0.717) is 0 Å². The average molecular weight is 676 g/mol. The molecule has 0 saturated heterocycles. The van der Waals surface area contributed by atoms with Gasteiger partial charge in [-0.3, -0.25) is 24.0 Å². The van der Waals surface area contributed by atoms with Crippen LogP contribution in [0.5, 0.6) is 0 Å². The number of aliphatic hydroxyl groups is 4. The Bertz CT molecular complexity index is 871. The maximum atomic E-state index is 12.8. The van der Waals surface area contributed by atoms with E-state index in [9.17, 15) is 54.3 Å². The molecule has 34 heavy (non-hydrogen) atoms. The second kappa shape index (κ2) is 13.6. The van der Waals surface area contributed by atoms with E-state index < -0.39 is 77.1 Å². The zero-order valence-electron chi connectivity index (χ0n) is 16.1. The second-order valence-electron chi connectivity index (χ2n) is 5.96. The monoisotopic (exact) mass is 672 g/mol. The zero-order valence-corrected chi connectivity index (χ0v) is 25.2. The molecule has 0 aromatic carbocycles. The second-order valence-corrected chi connectivity index (χ2v) is 10.3. The van der Waals surface area contributed by atoms with E-state index in [4.69, 9.17) is 92.8 Å². The number of carboxylic acid groups (broad SMARTS) is 1. The summed E-state index contributed by atoms with van der Waals surface area (Å²) in [5.41, 5.74) is -19.7. The molecule has 0 aliphatic carbocycles. The van der Waals surface area contributed by atoms with Crippen LogP contribution in [0.3, 0.4) is 0 Å². The summed E-state index contributed by atoms with van der Waals surface area (Å²) in [6.45, 7) is 0. The fourth-order valence-corrected chi connectivity index (χ4v) is 3.93. The molecule has 0 unspecified atom stereocenters. The quantitative estimate of drug-likeness (QED) is 0.0632. The van der Waals surface area contributed by atoms with Crippen molar-refractivity contribution in [3.63, 3.8) is 0 Å². The number of hydrogen-bond acceptors (Lipinski definition) is 11. The molecule has 0 aliphatic rings. The molecule has 0 fully saturated rings. The van der Waals surface area contributed by atoms with Gasteiger partial charge in [0.15, 0.2) is 25.6 Å². The topological polar surface area (TPSA) is 206 Å². The van der Waals surface area contributed by atoms with Crippen LogP contribution in [0.1, 0.15) is 0 Å². The summed E-state index contributed by atoms with van der Waals surface area (Å²) in [4.78, 5) is 63.1. The summed E-state index contributed by atoms with van der Waals surface area (Å²) in [6.07, 6.45) is -1.07. The van der Waals surface area contributed by atoms with Gasteiger partial charge in [0.2, 0.25) is 45.5 Å². The SMILES string of the molecule is O=C[C@@](O)(C(=O)C(Cl)Cl)[C@](O)(C(=O)C(Cl)Cl)[C@@](O)(C(=O)C(Cl)Cl)[C@](O)(C(=O)[O-])C(=O)C(Cl)Cl.[K+]. The minimum absolute atomic E-state index is 0. The maximum Gasteiger partial charge on any atom is 1.00 e. The summed E-state index contributed by atoms with van der Waals surface area (Å²) < 4.78 is 0. The number of hydrogen-bond donors (Lipinski definition) is 4. The Morgan fingerprint density at radius 1 is 0.618 bits per heavy atom. The normalized spacial score (nSPS) is 18.8. The van der Waals surface area contributed by atoms with Crippen LogP contribution < -0.4 is 56.5 Å². The van der Waals surface area contributed by atoms with Crippen LogP contribution in [-0.2, 0) is 28.8 Å². The molecular weight excluding hydrogens is 667 g/mol. The molecule has 0 rings (SSSR count). The third-order valence-corrected chi connectivity index (χ3v) is 5.89. The van der Waals surface area contributed by atoms with Crippen LogP contribution in [-0.4, -0.2) is 97.6 Å². The molecule has 0 heterocycles. The van der Waals surface area contributed by atoms with Gasteiger partial charge < -0.3 is 30.3 Å². The summed E-state index contributed by atoms with van der Waals surface area (Å²) >= 11 is 42.1. The Morgan fingerprint density at radius 2 is 0.912 bits per heavy atom. The van der Waals surface area contributed by atoms with E-state index in [1.165, 1.54) is 0 Å². The molecule has 0 saturated carbocycles. The number of aliphatic carboxylic acids is 1. The van der Waals surface area contributed by atoms with Gasteiger partial charge in [-0.15, -0.1) is 0 Å². The van der Waals surface area contributed by atoms with Crippen LogP contribution in [0.4, 0.5) is 0 Å². The Labute approximate surface area is 272 Å². The van der Waals surface area contributed by atoms with E-state index in [0.717, 1.165) is 0 Å². The maximum absolute atomic E-state index is 12.8. The molecule has 11 nitrogen and oxygen atoms in total. The summed E-state index contributed by atoms with van der Waals surface area (Å²) in [6, 6.07) is 0. The van der Waals surface area contributed by atoms with E-state index >= 15 is 0 Å². The molecule has 0 aromatic heterocycles. The molecule has 4 atom stereocenters. The van der Waals surface area contributed by atoms with E-state index in [1.54, 1.807) is 0 Å². The van der Waals surface area contributed by atoms with Crippen molar-refractivity contribution in [1.29, 1.82) is 0 Å². The van der Waals surface area contributed by atoms with Crippen molar-refractivity contribution < 1.29 is 106 Å². The molecule has 20 heteroatoms. The fraction of sp³-hybridized carbons (Fsp3) is 0.571. The van der Waals surface area contributed by atoms with Crippen molar-refractivity contribution >= 4 is 128 Å². The predicted molar refractivity (Wildman–Crippen MR) is 113 cm³/mol. The average Bonchev–Trinajstić information content (AvgIpc) is 2.73. The van der Waals surface area contributed by atoms with Crippen molar-refractivity contribution in [3.05, 3.63) is 0 Å². The number of ketones is 4. The van der Waals surface area contributed by atoms with Crippen LogP contribution in [0.15, 0.2) is 0 Å². The molecule has 188 valence electrons. The van der Waals surface area contributed by atoms with Crippen molar-refractivity contribution in [2.45, 2.75) is 41.7 Å². The predicted octanol–water partition coefficient (Wildman–Crippen LogP) is -4.65. The van der Waals surface area contributed by atoms with Gasteiger partial charge in [-0.25, -0.2) is 0 Å². The van der Waals surface area contributed by atoms with Crippen molar-refractivity contribution in [2.24, 2.45) is 0 Å². The van der Waals surface area contributed by atoms with Crippen molar-refractivity contribution in [1.82, 2.24) is 0 Å². The van der Waals surface area contributed by atoms with Gasteiger partial charge in [-0.1, -0.05) is 92.8 Å². The fourth-order valence-electron chi connectivity index (χ4n) is 2.65. The number of carboxylic acids is 1. The van der Waals surface area contributed by atoms with Gasteiger partial charge in [0, 0.05) is 0 Å². The first-order chi connectivity index (χ1) is 14.7. The third-order valence-electron chi connectivity index (χ3n) is 4.30. The molecule has 0 aliphatic heterocycles. The number of halogens is 8. The van der Waals surface area contributed by atoms with Crippen LogP contribution in [0.2, 0.25) is 0 Å². The van der Waals surface area contributed by atoms with Crippen molar-refractivity contribution in [2.75, 3.05) is 0 Å². The van der Waals surface area contributed by atoms with Crippen LogP contribution >= 0.6 is 92.8 Å². The number of carbonyl (C=O) groups excluding carboxylic acids is 6. The number of carbonyl (C=O) groups is 6. The smallest absolute Gasteiger partial charge is 0.546 e. The van der Waals surface area contributed by atoms with Gasteiger partial charge in [0.1, 0.15) is 0 Å². The molecule has 4 N–H and O–H groups in total. The zero-order chi connectivity index (χ0) is 26.9. The van der Waals surface area contributed by atoms with Gasteiger partial charge in [0.25, 0.3) is 0 Å². The third kappa shape index (κ3) is 5.94. The molecule has 0 radical (unpaired) electrons. The number of rotatable bonds is 13. The Morgan fingerprint density at radius 3 is 1.15 bits per heavy atom. The van der Waals surface area contributed by atoms with E-state index in [2.05, 4.69) is 0 Å². The molecule has 0 amide bonds. The minimum Gasteiger partial charge on any atom is -0.546 e. The first-order valence-electron chi connectivity index (χ1n) is 7.54.